The van der Waals surface area contributed by atoms with Gasteiger partial charge in [-0.15, -0.1) is 0 Å². The van der Waals surface area contributed by atoms with Crippen molar-refractivity contribution in [3.8, 4) is 23.0 Å². The third-order valence-corrected chi connectivity index (χ3v) is 8.82. The van der Waals surface area contributed by atoms with E-state index in [4.69, 9.17) is 4.74 Å². The Labute approximate surface area is 287 Å². The zero-order chi connectivity index (χ0) is 36.0. The summed E-state index contributed by atoms with van der Waals surface area (Å²) in [7, 11) is 0. The van der Waals surface area contributed by atoms with E-state index >= 15 is 0 Å². The molecular weight excluding hydrogens is 596 g/mol. The van der Waals surface area contributed by atoms with Gasteiger partial charge in [0.1, 0.15) is 29.6 Å². The van der Waals surface area contributed by atoms with Gasteiger partial charge >= 0.3 is 0 Å². The number of ether oxygens (including phenoxy) is 1. The van der Waals surface area contributed by atoms with E-state index in [1.54, 1.807) is 30.3 Å². The van der Waals surface area contributed by atoms with Gasteiger partial charge in [0.25, 0.3) is 0 Å². The normalized spacial score (nSPS) is 12.7. The molecule has 0 saturated heterocycles. The van der Waals surface area contributed by atoms with Crippen molar-refractivity contribution in [2.75, 3.05) is 0 Å². The monoisotopic (exact) mass is 650 g/mol. The minimum Gasteiger partial charge on any atom is -0.507 e. The first kappa shape index (κ1) is 36.6. The summed E-state index contributed by atoms with van der Waals surface area (Å²) >= 11 is 0. The Kier molecular flexibility index (Phi) is 9.90. The van der Waals surface area contributed by atoms with Crippen molar-refractivity contribution in [2.45, 2.75) is 118 Å². The molecular formula is C43H54O5. The van der Waals surface area contributed by atoms with E-state index in [1.165, 1.54) is 6.07 Å². The molecule has 3 N–H and O–H groups in total. The number of benzene rings is 4. The summed E-state index contributed by atoms with van der Waals surface area (Å²) < 4.78 is 6.51. The number of phenolic OH excluding ortho intramolecular Hbond substituents is 3. The fourth-order valence-corrected chi connectivity index (χ4v) is 6.06. The SMILES string of the molecule is CC(C)(C)c1cc(COc2cc(O)c(C(=O)c3ccccc3)cc2Cc2cc(C(C)(C)C)c(O)c(C(C)(C)C)c2)cc(C(C)(C)C)c1O. The van der Waals surface area contributed by atoms with Gasteiger partial charge in [-0.25, -0.2) is 0 Å². The summed E-state index contributed by atoms with van der Waals surface area (Å²) in [6.45, 7) is 25.2. The van der Waals surface area contributed by atoms with E-state index < -0.39 is 0 Å². The van der Waals surface area contributed by atoms with Crippen molar-refractivity contribution >= 4 is 5.78 Å². The molecule has 0 atom stereocenters. The van der Waals surface area contributed by atoms with Gasteiger partial charge in [-0.05, 0) is 78.8 Å². The molecule has 4 aromatic carbocycles. The maximum absolute atomic E-state index is 13.6. The van der Waals surface area contributed by atoms with E-state index in [-0.39, 0.29) is 45.4 Å². The van der Waals surface area contributed by atoms with E-state index in [9.17, 15) is 20.1 Å². The molecule has 0 saturated carbocycles. The second-order valence-corrected chi connectivity index (χ2v) is 17.2. The number of hydrogen-bond acceptors (Lipinski definition) is 5. The van der Waals surface area contributed by atoms with E-state index in [0.29, 0.717) is 29.2 Å². The lowest BCUT2D eigenvalue weighted by molar-refractivity contribution is 0.103. The lowest BCUT2D eigenvalue weighted by Crippen LogP contribution is -2.18. The zero-order valence-corrected chi connectivity index (χ0v) is 30.9. The molecule has 256 valence electrons. The average Bonchev–Trinajstić information content (AvgIpc) is 2.96. The maximum Gasteiger partial charge on any atom is 0.196 e. The van der Waals surface area contributed by atoms with Crippen LogP contribution < -0.4 is 4.74 Å². The van der Waals surface area contributed by atoms with Crippen LogP contribution in [0.1, 0.15) is 138 Å². The van der Waals surface area contributed by atoms with Crippen molar-refractivity contribution in [1.29, 1.82) is 0 Å². The Hall–Kier alpha value is -4.25. The van der Waals surface area contributed by atoms with Crippen LogP contribution in [0.5, 0.6) is 23.0 Å². The minimum absolute atomic E-state index is 0.157. The van der Waals surface area contributed by atoms with Crippen molar-refractivity contribution in [1.82, 2.24) is 0 Å². The fourth-order valence-electron chi connectivity index (χ4n) is 6.06. The highest BCUT2D eigenvalue weighted by molar-refractivity contribution is 6.10. The van der Waals surface area contributed by atoms with Crippen LogP contribution in [0.25, 0.3) is 0 Å². The molecule has 0 radical (unpaired) electrons. The Bertz CT molecular complexity index is 1730. The van der Waals surface area contributed by atoms with Crippen LogP contribution in [0.3, 0.4) is 0 Å². The lowest BCUT2D eigenvalue weighted by atomic mass is 9.78. The number of ketones is 1. The summed E-state index contributed by atoms with van der Waals surface area (Å²) in [5, 5.41) is 33.8. The molecule has 0 bridgehead atoms. The highest BCUT2D eigenvalue weighted by Gasteiger charge is 2.29. The third kappa shape index (κ3) is 8.06. The molecule has 5 nitrogen and oxygen atoms in total. The Morgan fingerprint density at radius 1 is 0.583 bits per heavy atom. The molecule has 0 amide bonds. The predicted octanol–water partition coefficient (Wildman–Crippen LogP) is 10.4. The lowest BCUT2D eigenvalue weighted by Gasteiger charge is -2.28. The summed E-state index contributed by atoms with van der Waals surface area (Å²) in [4.78, 5) is 13.6. The highest BCUT2D eigenvalue weighted by Crippen LogP contribution is 2.42. The second-order valence-electron chi connectivity index (χ2n) is 17.2. The Morgan fingerprint density at radius 3 is 1.42 bits per heavy atom. The van der Waals surface area contributed by atoms with Gasteiger partial charge in [0.15, 0.2) is 5.78 Å². The van der Waals surface area contributed by atoms with Gasteiger partial charge in [0.05, 0.1) is 5.56 Å². The topological polar surface area (TPSA) is 87.0 Å². The quantitative estimate of drug-likeness (QED) is 0.173. The van der Waals surface area contributed by atoms with E-state index in [1.807, 2.05) is 30.3 Å². The standard InChI is InChI=1S/C43H54O5/c1-40(2,3)31-19-26(20-32(38(31)46)41(4,5)6)18-29-23-30(37(45)28-16-14-13-15-17-28)35(44)24-36(29)48-25-27-21-33(42(7,8)9)39(47)34(22-27)43(10,11)12/h13-17,19-24,44,46-47H,18,25H2,1-12H3. The third-order valence-electron chi connectivity index (χ3n) is 8.82. The molecule has 0 aliphatic heterocycles. The number of aromatic hydroxyl groups is 3. The Morgan fingerprint density at radius 2 is 1.00 bits per heavy atom. The first-order valence-electron chi connectivity index (χ1n) is 16.8. The smallest absolute Gasteiger partial charge is 0.196 e. The largest absolute Gasteiger partial charge is 0.507 e. The highest BCUT2D eigenvalue weighted by atomic mass is 16.5. The van der Waals surface area contributed by atoms with Gasteiger partial charge < -0.3 is 20.1 Å². The molecule has 0 unspecified atom stereocenters. The zero-order valence-electron chi connectivity index (χ0n) is 30.9. The van der Waals surface area contributed by atoms with Crippen LogP contribution in [0.4, 0.5) is 0 Å². The molecule has 5 heteroatoms. The summed E-state index contributed by atoms with van der Waals surface area (Å²) in [6.07, 6.45) is 0.410. The summed E-state index contributed by atoms with van der Waals surface area (Å²) in [5.41, 5.74) is 5.45. The Balaban J connectivity index is 1.87. The van der Waals surface area contributed by atoms with Crippen molar-refractivity contribution in [2.24, 2.45) is 0 Å². The number of phenols is 3. The van der Waals surface area contributed by atoms with Crippen LogP contribution >= 0.6 is 0 Å². The maximum atomic E-state index is 13.6. The van der Waals surface area contributed by atoms with Crippen LogP contribution in [0.2, 0.25) is 0 Å². The van der Waals surface area contributed by atoms with Crippen molar-refractivity contribution in [3.63, 3.8) is 0 Å². The fraction of sp³-hybridized carbons (Fsp3) is 0.419. The van der Waals surface area contributed by atoms with Gasteiger partial charge in [-0.2, -0.15) is 0 Å². The molecule has 0 aliphatic rings. The number of hydrogen-bond donors (Lipinski definition) is 3. The number of carbonyl (C=O) groups excluding carboxylic acids is 1. The van der Waals surface area contributed by atoms with Gasteiger partial charge in [0, 0.05) is 18.1 Å². The number of rotatable bonds is 7. The molecule has 4 aromatic rings. The molecule has 48 heavy (non-hydrogen) atoms. The minimum atomic E-state index is -0.308. The van der Waals surface area contributed by atoms with Crippen LogP contribution in [-0.2, 0) is 34.7 Å². The van der Waals surface area contributed by atoms with Crippen LogP contribution in [0, 0.1) is 0 Å². The van der Waals surface area contributed by atoms with E-state index in [2.05, 4.69) is 83.1 Å². The molecule has 0 aliphatic carbocycles. The van der Waals surface area contributed by atoms with E-state index in [0.717, 1.165) is 38.9 Å². The van der Waals surface area contributed by atoms with Crippen molar-refractivity contribution < 1.29 is 24.9 Å². The average molecular weight is 651 g/mol. The van der Waals surface area contributed by atoms with Crippen LogP contribution in [0.15, 0.2) is 66.7 Å². The first-order chi connectivity index (χ1) is 22.0. The van der Waals surface area contributed by atoms with Crippen molar-refractivity contribution in [3.05, 3.63) is 117 Å². The molecule has 4 rings (SSSR count). The van der Waals surface area contributed by atoms with Crippen LogP contribution in [-0.4, -0.2) is 21.1 Å². The molecule has 0 spiro atoms. The molecule has 0 fully saturated rings. The van der Waals surface area contributed by atoms with Gasteiger partial charge in [0.2, 0.25) is 0 Å². The first-order valence-corrected chi connectivity index (χ1v) is 16.8. The molecule has 0 aromatic heterocycles. The van der Waals surface area contributed by atoms with Gasteiger partial charge in [-0.1, -0.05) is 126 Å². The second kappa shape index (κ2) is 13.0. The summed E-state index contributed by atoms with van der Waals surface area (Å²) in [5.74, 6) is 0.633. The predicted molar refractivity (Wildman–Crippen MR) is 196 cm³/mol. The molecule has 0 heterocycles. The van der Waals surface area contributed by atoms with Gasteiger partial charge in [-0.3, -0.25) is 4.79 Å². The summed E-state index contributed by atoms with van der Waals surface area (Å²) in [6, 6.07) is 20.2. The number of carbonyl (C=O) groups is 1.